The van der Waals surface area contributed by atoms with Gasteiger partial charge in [0.15, 0.2) is 0 Å². The SMILES string of the molecule is CCc1cc(CO)cc(N2CCC(CC)CC2)n1. The van der Waals surface area contributed by atoms with Gasteiger partial charge in [-0.2, -0.15) is 0 Å². The first kappa shape index (κ1) is 13.3. The van der Waals surface area contributed by atoms with Crippen molar-refractivity contribution in [3.63, 3.8) is 0 Å². The predicted octanol–water partition coefficient (Wildman–Crippen LogP) is 2.76. The zero-order valence-electron chi connectivity index (χ0n) is 11.5. The van der Waals surface area contributed by atoms with Gasteiger partial charge in [0, 0.05) is 18.8 Å². The molecule has 18 heavy (non-hydrogen) atoms. The Morgan fingerprint density at radius 3 is 2.56 bits per heavy atom. The smallest absolute Gasteiger partial charge is 0.129 e. The summed E-state index contributed by atoms with van der Waals surface area (Å²) < 4.78 is 0. The molecule has 0 aromatic carbocycles. The van der Waals surface area contributed by atoms with Crippen LogP contribution in [0.25, 0.3) is 0 Å². The van der Waals surface area contributed by atoms with Crippen molar-refractivity contribution < 1.29 is 5.11 Å². The Labute approximate surface area is 110 Å². The summed E-state index contributed by atoms with van der Waals surface area (Å²) in [6.07, 6.45) is 4.75. The highest BCUT2D eigenvalue weighted by Crippen LogP contribution is 2.24. The Morgan fingerprint density at radius 2 is 2.00 bits per heavy atom. The van der Waals surface area contributed by atoms with Crippen LogP contribution < -0.4 is 4.90 Å². The molecule has 2 heterocycles. The molecule has 0 saturated carbocycles. The molecular weight excluding hydrogens is 224 g/mol. The van der Waals surface area contributed by atoms with E-state index in [9.17, 15) is 5.11 Å². The van der Waals surface area contributed by atoms with Gasteiger partial charge in [-0.15, -0.1) is 0 Å². The molecule has 1 aliphatic heterocycles. The van der Waals surface area contributed by atoms with Crippen LogP contribution >= 0.6 is 0 Å². The first-order valence-corrected chi connectivity index (χ1v) is 7.12. The van der Waals surface area contributed by atoms with Crippen LogP contribution in [0.1, 0.15) is 44.4 Å². The average Bonchev–Trinajstić information content (AvgIpc) is 2.46. The lowest BCUT2D eigenvalue weighted by molar-refractivity contribution is 0.281. The summed E-state index contributed by atoms with van der Waals surface area (Å²) in [6, 6.07) is 4.04. The number of aliphatic hydroxyl groups is 1. The minimum Gasteiger partial charge on any atom is -0.392 e. The first-order chi connectivity index (χ1) is 8.76. The quantitative estimate of drug-likeness (QED) is 0.890. The maximum atomic E-state index is 9.31. The second kappa shape index (κ2) is 6.19. The van der Waals surface area contributed by atoms with E-state index in [1.807, 2.05) is 12.1 Å². The second-order valence-corrected chi connectivity index (χ2v) is 5.18. The molecule has 0 atom stereocenters. The van der Waals surface area contributed by atoms with Gasteiger partial charge >= 0.3 is 0 Å². The summed E-state index contributed by atoms with van der Waals surface area (Å²) in [7, 11) is 0. The highest BCUT2D eigenvalue weighted by Gasteiger charge is 2.19. The third-order valence-electron chi connectivity index (χ3n) is 3.99. The van der Waals surface area contributed by atoms with Crippen LogP contribution in [0.5, 0.6) is 0 Å². The maximum absolute atomic E-state index is 9.31. The number of piperidine rings is 1. The van der Waals surface area contributed by atoms with Gasteiger partial charge in [0.1, 0.15) is 5.82 Å². The van der Waals surface area contributed by atoms with Crippen LogP contribution in [0.4, 0.5) is 5.82 Å². The van der Waals surface area contributed by atoms with Crippen LogP contribution in [0.15, 0.2) is 12.1 Å². The van der Waals surface area contributed by atoms with Gasteiger partial charge < -0.3 is 10.0 Å². The molecule has 2 rings (SSSR count). The van der Waals surface area contributed by atoms with Crippen molar-refractivity contribution in [2.75, 3.05) is 18.0 Å². The Bertz CT molecular complexity index is 362. The number of aliphatic hydroxyl groups excluding tert-OH is 1. The van der Waals surface area contributed by atoms with Crippen LogP contribution in [-0.4, -0.2) is 23.2 Å². The summed E-state index contributed by atoms with van der Waals surface area (Å²) in [5.74, 6) is 1.93. The van der Waals surface area contributed by atoms with Gasteiger partial charge in [-0.05, 0) is 42.9 Å². The van der Waals surface area contributed by atoms with Crippen molar-refractivity contribution in [3.05, 3.63) is 23.4 Å². The molecule has 1 N–H and O–H groups in total. The lowest BCUT2D eigenvalue weighted by Crippen LogP contribution is -2.34. The molecule has 0 spiro atoms. The van der Waals surface area contributed by atoms with Crippen molar-refractivity contribution in [3.8, 4) is 0 Å². The highest BCUT2D eigenvalue weighted by atomic mass is 16.3. The van der Waals surface area contributed by atoms with E-state index in [2.05, 4.69) is 23.7 Å². The maximum Gasteiger partial charge on any atom is 0.129 e. The van der Waals surface area contributed by atoms with E-state index in [1.54, 1.807) is 0 Å². The molecule has 1 aromatic heterocycles. The van der Waals surface area contributed by atoms with E-state index in [-0.39, 0.29) is 6.61 Å². The second-order valence-electron chi connectivity index (χ2n) is 5.18. The van der Waals surface area contributed by atoms with E-state index in [0.29, 0.717) is 0 Å². The fourth-order valence-corrected chi connectivity index (χ4v) is 2.64. The number of aryl methyl sites for hydroxylation is 1. The molecule has 0 amide bonds. The van der Waals surface area contributed by atoms with E-state index in [4.69, 9.17) is 0 Å². The lowest BCUT2D eigenvalue weighted by Gasteiger charge is -2.32. The fourth-order valence-electron chi connectivity index (χ4n) is 2.64. The number of nitrogens with zero attached hydrogens (tertiary/aromatic N) is 2. The van der Waals surface area contributed by atoms with Gasteiger partial charge in [0.05, 0.1) is 6.61 Å². The van der Waals surface area contributed by atoms with Gasteiger partial charge in [-0.3, -0.25) is 0 Å². The Balaban J connectivity index is 2.13. The highest BCUT2D eigenvalue weighted by molar-refractivity contribution is 5.43. The Morgan fingerprint density at radius 1 is 1.28 bits per heavy atom. The topological polar surface area (TPSA) is 36.4 Å². The Kier molecular flexibility index (Phi) is 4.59. The molecule has 1 aromatic rings. The molecular formula is C15H24N2O. The monoisotopic (exact) mass is 248 g/mol. The number of aromatic nitrogens is 1. The summed E-state index contributed by atoms with van der Waals surface area (Å²) in [5.41, 5.74) is 2.06. The van der Waals surface area contributed by atoms with Crippen LogP contribution in [-0.2, 0) is 13.0 Å². The minimum atomic E-state index is 0.105. The van der Waals surface area contributed by atoms with E-state index >= 15 is 0 Å². The molecule has 0 aliphatic carbocycles. The lowest BCUT2D eigenvalue weighted by atomic mass is 9.94. The van der Waals surface area contributed by atoms with E-state index in [0.717, 1.165) is 42.5 Å². The third-order valence-corrected chi connectivity index (χ3v) is 3.99. The fraction of sp³-hybridized carbons (Fsp3) is 0.667. The van der Waals surface area contributed by atoms with Gasteiger partial charge in [0.25, 0.3) is 0 Å². The van der Waals surface area contributed by atoms with E-state index in [1.165, 1.54) is 19.3 Å². The molecule has 100 valence electrons. The van der Waals surface area contributed by atoms with Gasteiger partial charge in [0.2, 0.25) is 0 Å². The summed E-state index contributed by atoms with van der Waals surface area (Å²) in [4.78, 5) is 7.05. The summed E-state index contributed by atoms with van der Waals surface area (Å²) in [5, 5.41) is 9.31. The van der Waals surface area contributed by atoms with Crippen LogP contribution in [0, 0.1) is 5.92 Å². The largest absolute Gasteiger partial charge is 0.392 e. The predicted molar refractivity (Wildman–Crippen MR) is 74.8 cm³/mol. The summed E-state index contributed by atoms with van der Waals surface area (Å²) >= 11 is 0. The van der Waals surface area contributed by atoms with E-state index < -0.39 is 0 Å². The molecule has 0 unspecified atom stereocenters. The zero-order chi connectivity index (χ0) is 13.0. The van der Waals surface area contributed by atoms with Crippen molar-refractivity contribution in [2.45, 2.75) is 46.1 Å². The number of anilines is 1. The molecule has 0 bridgehead atoms. The van der Waals surface area contributed by atoms with Gasteiger partial charge in [-0.1, -0.05) is 20.3 Å². The molecule has 0 radical (unpaired) electrons. The molecule has 3 heteroatoms. The Hall–Kier alpha value is -1.09. The number of rotatable bonds is 4. The molecule has 3 nitrogen and oxygen atoms in total. The van der Waals surface area contributed by atoms with Crippen molar-refractivity contribution in [1.82, 2.24) is 4.98 Å². The third kappa shape index (κ3) is 3.02. The van der Waals surface area contributed by atoms with Crippen molar-refractivity contribution in [2.24, 2.45) is 5.92 Å². The van der Waals surface area contributed by atoms with Crippen LogP contribution in [0.3, 0.4) is 0 Å². The van der Waals surface area contributed by atoms with Crippen molar-refractivity contribution in [1.29, 1.82) is 0 Å². The number of hydrogen-bond donors (Lipinski definition) is 1. The summed E-state index contributed by atoms with van der Waals surface area (Å²) in [6.45, 7) is 6.69. The van der Waals surface area contributed by atoms with Gasteiger partial charge in [-0.25, -0.2) is 4.98 Å². The molecule has 1 saturated heterocycles. The van der Waals surface area contributed by atoms with Crippen molar-refractivity contribution >= 4 is 5.82 Å². The number of hydrogen-bond acceptors (Lipinski definition) is 3. The zero-order valence-corrected chi connectivity index (χ0v) is 11.5. The molecule has 1 fully saturated rings. The first-order valence-electron chi connectivity index (χ1n) is 7.12. The van der Waals surface area contributed by atoms with Crippen LogP contribution in [0.2, 0.25) is 0 Å². The standard InChI is InChI=1S/C15H24N2O/c1-3-12-5-7-17(8-6-12)15-10-13(11-18)9-14(4-2)16-15/h9-10,12,18H,3-8,11H2,1-2H3. The number of pyridine rings is 1. The minimum absolute atomic E-state index is 0.105. The normalized spacial score (nSPS) is 17.2. The average molecular weight is 248 g/mol. The molecule has 1 aliphatic rings.